The minimum absolute atomic E-state index is 0.173. The number of nitrogens with one attached hydrogen (secondary N) is 2. The average Bonchev–Trinajstić information content (AvgIpc) is 3.00. The van der Waals surface area contributed by atoms with E-state index in [0.717, 1.165) is 10.0 Å². The van der Waals surface area contributed by atoms with Gasteiger partial charge in [0.1, 0.15) is 0 Å². The number of anilines is 1. The molecule has 0 aliphatic rings. The average molecular weight is 396 g/mol. The van der Waals surface area contributed by atoms with Crippen LogP contribution in [0.25, 0.3) is 11.3 Å². The van der Waals surface area contributed by atoms with Gasteiger partial charge in [0.05, 0.1) is 6.20 Å². The highest BCUT2D eigenvalue weighted by atomic mass is 79.9. The van der Waals surface area contributed by atoms with Gasteiger partial charge < -0.3 is 20.2 Å². The van der Waals surface area contributed by atoms with Crippen molar-refractivity contribution in [2.45, 2.75) is 26.3 Å². The van der Waals surface area contributed by atoms with Crippen molar-refractivity contribution in [2.75, 3.05) is 5.32 Å². The third kappa shape index (κ3) is 4.82. The Morgan fingerprint density at radius 2 is 2.12 bits per heavy atom. The van der Waals surface area contributed by atoms with E-state index in [1.165, 1.54) is 6.39 Å². The van der Waals surface area contributed by atoms with Crippen molar-refractivity contribution >= 4 is 33.6 Å². The van der Waals surface area contributed by atoms with Crippen LogP contribution >= 0.6 is 15.9 Å². The molecule has 1 aromatic heterocycles. The van der Waals surface area contributed by atoms with Gasteiger partial charge in [-0.2, -0.15) is 0 Å². The molecule has 2 atom stereocenters. The van der Waals surface area contributed by atoms with Gasteiger partial charge >= 0.3 is 6.09 Å². The molecule has 2 unspecified atom stereocenters. The quantitative estimate of drug-likeness (QED) is 0.690. The number of benzene rings is 1. The van der Waals surface area contributed by atoms with Gasteiger partial charge in [0.2, 0.25) is 5.91 Å². The van der Waals surface area contributed by atoms with E-state index in [2.05, 4.69) is 31.5 Å². The molecule has 0 saturated heterocycles. The van der Waals surface area contributed by atoms with Crippen molar-refractivity contribution in [1.29, 1.82) is 0 Å². The lowest BCUT2D eigenvalue weighted by Gasteiger charge is -2.17. The summed E-state index contributed by atoms with van der Waals surface area (Å²) < 4.78 is 6.02. The van der Waals surface area contributed by atoms with E-state index in [9.17, 15) is 9.59 Å². The molecule has 2 amide bonds. The van der Waals surface area contributed by atoms with Crippen LogP contribution in [-0.2, 0) is 4.79 Å². The highest BCUT2D eigenvalue weighted by Crippen LogP contribution is 2.30. The summed E-state index contributed by atoms with van der Waals surface area (Å²) in [4.78, 5) is 26.7. The zero-order valence-corrected chi connectivity index (χ0v) is 14.8. The third-order valence-corrected chi connectivity index (χ3v) is 4.12. The first-order valence-electron chi connectivity index (χ1n) is 7.35. The first kappa shape index (κ1) is 18.0. The number of hydrogen-bond donors (Lipinski definition) is 3. The Morgan fingerprint density at radius 1 is 1.38 bits per heavy atom. The fraction of sp³-hybridized carbons (Fsp3) is 0.312. The van der Waals surface area contributed by atoms with Gasteiger partial charge in [-0.1, -0.05) is 6.92 Å². The van der Waals surface area contributed by atoms with Gasteiger partial charge in [-0.3, -0.25) is 4.79 Å². The largest absolute Gasteiger partial charge is 0.465 e. The van der Waals surface area contributed by atoms with Gasteiger partial charge in [-0.15, -0.1) is 0 Å². The van der Waals surface area contributed by atoms with Crippen LogP contribution in [0.15, 0.2) is 39.7 Å². The Labute approximate surface area is 147 Å². The number of hydrogen-bond acceptors (Lipinski definition) is 4. The SMILES string of the molecule is CC(CC(C)C(=O)Nc1ccc(-c2cnco2)c(Br)c1)NC(=O)O. The summed E-state index contributed by atoms with van der Waals surface area (Å²) in [7, 11) is 0. The summed E-state index contributed by atoms with van der Waals surface area (Å²) in [6.07, 6.45) is 2.28. The summed E-state index contributed by atoms with van der Waals surface area (Å²) >= 11 is 3.45. The smallest absolute Gasteiger partial charge is 0.404 e. The number of carboxylic acid groups (broad SMARTS) is 1. The number of rotatable bonds is 6. The van der Waals surface area contributed by atoms with Crippen LogP contribution < -0.4 is 10.6 Å². The van der Waals surface area contributed by atoms with E-state index in [1.54, 1.807) is 32.2 Å². The lowest BCUT2D eigenvalue weighted by atomic mass is 10.0. The summed E-state index contributed by atoms with van der Waals surface area (Å²) in [5.74, 6) is 0.120. The van der Waals surface area contributed by atoms with E-state index in [4.69, 9.17) is 9.52 Å². The predicted molar refractivity (Wildman–Crippen MR) is 92.7 cm³/mol. The van der Waals surface area contributed by atoms with Gasteiger partial charge in [-0.05, 0) is 47.5 Å². The molecule has 8 heteroatoms. The van der Waals surface area contributed by atoms with Gasteiger partial charge in [0.15, 0.2) is 12.2 Å². The van der Waals surface area contributed by atoms with Crippen LogP contribution in [0.3, 0.4) is 0 Å². The highest BCUT2D eigenvalue weighted by Gasteiger charge is 2.18. The molecule has 24 heavy (non-hydrogen) atoms. The molecular formula is C16H18BrN3O4. The number of halogens is 1. The fourth-order valence-electron chi connectivity index (χ4n) is 2.31. The van der Waals surface area contributed by atoms with E-state index in [1.807, 2.05) is 6.07 Å². The second kappa shape index (κ2) is 7.96. The van der Waals surface area contributed by atoms with Gasteiger partial charge in [0.25, 0.3) is 0 Å². The molecular weight excluding hydrogens is 378 g/mol. The summed E-state index contributed by atoms with van der Waals surface area (Å²) in [5, 5.41) is 13.8. The van der Waals surface area contributed by atoms with Crippen LogP contribution in [0, 0.1) is 5.92 Å². The Kier molecular flexibility index (Phi) is 5.97. The lowest BCUT2D eigenvalue weighted by Crippen LogP contribution is -2.34. The topological polar surface area (TPSA) is 104 Å². The molecule has 1 aromatic carbocycles. The van der Waals surface area contributed by atoms with Crippen LogP contribution in [0.1, 0.15) is 20.3 Å². The molecule has 7 nitrogen and oxygen atoms in total. The lowest BCUT2D eigenvalue weighted by molar-refractivity contribution is -0.119. The molecule has 0 fully saturated rings. The van der Waals surface area contributed by atoms with Crippen LogP contribution in [0.2, 0.25) is 0 Å². The standard InChI is InChI=1S/C16H18BrN3O4/c1-9(5-10(2)19-16(22)23)15(21)20-11-3-4-12(13(17)6-11)14-7-18-8-24-14/h3-4,6-10,19H,5H2,1-2H3,(H,20,21)(H,22,23). The molecule has 1 heterocycles. The molecule has 0 bridgehead atoms. The van der Waals surface area contributed by atoms with E-state index in [-0.39, 0.29) is 17.9 Å². The van der Waals surface area contributed by atoms with Crippen LogP contribution in [0.4, 0.5) is 10.5 Å². The fourth-order valence-corrected chi connectivity index (χ4v) is 2.89. The normalized spacial score (nSPS) is 13.1. The van der Waals surface area contributed by atoms with Gasteiger partial charge in [0, 0.05) is 27.7 Å². The van der Waals surface area contributed by atoms with Crippen LogP contribution in [-0.4, -0.2) is 28.1 Å². The number of aromatic nitrogens is 1. The Hall–Kier alpha value is -2.35. The number of oxazole rings is 1. The first-order chi connectivity index (χ1) is 11.4. The van der Waals surface area contributed by atoms with E-state index < -0.39 is 6.09 Å². The molecule has 0 spiro atoms. The van der Waals surface area contributed by atoms with Crippen molar-refractivity contribution < 1.29 is 19.1 Å². The zero-order valence-electron chi connectivity index (χ0n) is 13.2. The van der Waals surface area contributed by atoms with Crippen LogP contribution in [0.5, 0.6) is 0 Å². The summed E-state index contributed by atoms with van der Waals surface area (Å²) in [5.41, 5.74) is 1.47. The van der Waals surface area contributed by atoms with E-state index >= 15 is 0 Å². The second-order valence-corrected chi connectivity index (χ2v) is 6.39. The number of nitrogens with zero attached hydrogens (tertiary/aromatic N) is 1. The van der Waals surface area contributed by atoms with E-state index in [0.29, 0.717) is 17.9 Å². The summed E-state index contributed by atoms with van der Waals surface area (Å²) in [6.45, 7) is 3.48. The second-order valence-electron chi connectivity index (χ2n) is 5.54. The number of amides is 2. The van der Waals surface area contributed by atoms with Crippen molar-refractivity contribution in [3.05, 3.63) is 35.3 Å². The molecule has 3 N–H and O–H groups in total. The Balaban J connectivity index is 1.99. The number of carbonyl (C=O) groups is 2. The van der Waals surface area contributed by atoms with Crippen molar-refractivity contribution in [1.82, 2.24) is 10.3 Å². The molecule has 0 radical (unpaired) electrons. The first-order valence-corrected chi connectivity index (χ1v) is 8.15. The Morgan fingerprint density at radius 3 is 2.71 bits per heavy atom. The molecule has 0 aliphatic carbocycles. The molecule has 0 saturated carbocycles. The maximum atomic E-state index is 12.2. The van der Waals surface area contributed by atoms with Crippen molar-refractivity contribution in [3.63, 3.8) is 0 Å². The van der Waals surface area contributed by atoms with Gasteiger partial charge in [-0.25, -0.2) is 9.78 Å². The Bertz CT molecular complexity index is 718. The zero-order chi connectivity index (χ0) is 17.7. The molecule has 0 aliphatic heterocycles. The monoisotopic (exact) mass is 395 g/mol. The predicted octanol–water partition coefficient (Wildman–Crippen LogP) is 3.72. The maximum absolute atomic E-state index is 12.2. The highest BCUT2D eigenvalue weighted by molar-refractivity contribution is 9.10. The maximum Gasteiger partial charge on any atom is 0.404 e. The molecule has 2 aromatic rings. The third-order valence-electron chi connectivity index (χ3n) is 3.46. The number of carbonyl (C=O) groups excluding carboxylic acids is 1. The summed E-state index contributed by atoms with van der Waals surface area (Å²) in [6, 6.07) is 5.07. The van der Waals surface area contributed by atoms with Crippen molar-refractivity contribution in [3.8, 4) is 11.3 Å². The minimum Gasteiger partial charge on any atom is -0.465 e. The minimum atomic E-state index is -1.10. The van der Waals surface area contributed by atoms with Crippen molar-refractivity contribution in [2.24, 2.45) is 5.92 Å². The molecule has 128 valence electrons. The molecule has 2 rings (SSSR count).